The number of carbonyl (C=O) groups excluding carboxylic acids is 1. The highest BCUT2D eigenvalue weighted by molar-refractivity contribution is 7.98. The second-order valence-electron chi connectivity index (χ2n) is 7.26. The monoisotopic (exact) mass is 406 g/mol. The molecule has 0 saturated heterocycles. The second-order valence-corrected chi connectivity index (χ2v) is 8.37. The van der Waals surface area contributed by atoms with Crippen LogP contribution in [-0.4, -0.2) is 48.4 Å². The fourth-order valence-electron chi connectivity index (χ4n) is 3.76. The maximum atomic E-state index is 11.7. The lowest BCUT2D eigenvalue weighted by molar-refractivity contribution is 0.0601. The van der Waals surface area contributed by atoms with Gasteiger partial charge >= 0.3 is 5.97 Å². The molecule has 29 heavy (non-hydrogen) atoms. The lowest BCUT2D eigenvalue weighted by Gasteiger charge is -2.26. The van der Waals surface area contributed by atoms with Crippen molar-refractivity contribution in [3.8, 4) is 0 Å². The zero-order valence-corrected chi connectivity index (χ0v) is 17.5. The van der Waals surface area contributed by atoms with Gasteiger partial charge in [-0.2, -0.15) is 11.8 Å². The number of rotatable bonds is 7. The number of nitrogens with one attached hydrogen (secondary N) is 1. The van der Waals surface area contributed by atoms with Crippen LogP contribution in [0.25, 0.3) is 16.5 Å². The molecule has 3 aromatic rings. The minimum Gasteiger partial charge on any atom is -0.465 e. The van der Waals surface area contributed by atoms with Crippen molar-refractivity contribution in [3.05, 3.63) is 77.5 Å². The number of ether oxygens (including phenoxy) is 1. The van der Waals surface area contributed by atoms with Gasteiger partial charge in [0.2, 0.25) is 0 Å². The number of carbonyl (C=O) groups is 1. The van der Waals surface area contributed by atoms with Gasteiger partial charge in [0.05, 0.1) is 12.7 Å². The van der Waals surface area contributed by atoms with E-state index in [9.17, 15) is 4.79 Å². The van der Waals surface area contributed by atoms with Crippen LogP contribution >= 0.6 is 11.8 Å². The van der Waals surface area contributed by atoms with Crippen molar-refractivity contribution in [2.24, 2.45) is 0 Å². The van der Waals surface area contributed by atoms with E-state index in [0.717, 1.165) is 43.1 Å². The topological polar surface area (TPSA) is 45.3 Å². The molecule has 2 aromatic carbocycles. The molecule has 0 fully saturated rings. The third kappa shape index (κ3) is 4.74. The van der Waals surface area contributed by atoms with Crippen molar-refractivity contribution in [2.45, 2.75) is 12.2 Å². The number of esters is 1. The Labute approximate surface area is 175 Å². The van der Waals surface area contributed by atoms with Crippen LogP contribution in [0.4, 0.5) is 0 Å². The van der Waals surface area contributed by atoms with Gasteiger partial charge in [-0.15, -0.1) is 0 Å². The average Bonchev–Trinajstić information content (AvgIpc) is 3.19. The van der Waals surface area contributed by atoms with Gasteiger partial charge < -0.3 is 9.72 Å². The summed E-state index contributed by atoms with van der Waals surface area (Å²) in [6.45, 7) is 3.27. The Bertz CT molecular complexity index is 1010. The molecule has 0 bridgehead atoms. The summed E-state index contributed by atoms with van der Waals surface area (Å²) >= 11 is 1.96. The first-order chi connectivity index (χ1) is 14.2. The lowest BCUT2D eigenvalue weighted by Crippen LogP contribution is -2.30. The maximum absolute atomic E-state index is 11.7. The van der Waals surface area contributed by atoms with Crippen LogP contribution in [0.3, 0.4) is 0 Å². The molecule has 5 heteroatoms. The van der Waals surface area contributed by atoms with E-state index in [1.54, 1.807) is 0 Å². The molecule has 0 saturated carbocycles. The highest BCUT2D eigenvalue weighted by Gasteiger charge is 2.13. The molecule has 0 spiro atoms. The molecule has 2 heterocycles. The van der Waals surface area contributed by atoms with Gasteiger partial charge in [-0.1, -0.05) is 42.5 Å². The van der Waals surface area contributed by atoms with Crippen LogP contribution in [0.2, 0.25) is 0 Å². The zero-order valence-electron chi connectivity index (χ0n) is 16.7. The standard InChI is InChI=1S/C24H26N2O2S/c1-28-24(27)20-7-8-22-21(16-25-23(22)15-20)17-29-14-13-26-11-9-19(10-12-26)18-5-3-2-4-6-18/h2-9,15-16,25H,10-14,17H2,1H3. The van der Waals surface area contributed by atoms with Gasteiger partial charge in [0.25, 0.3) is 0 Å². The van der Waals surface area contributed by atoms with Crippen molar-refractivity contribution >= 4 is 34.2 Å². The first kappa shape index (κ1) is 19.8. The second kappa shape index (κ2) is 9.33. The fraction of sp³-hybridized carbons (Fsp3) is 0.292. The van der Waals surface area contributed by atoms with Crippen LogP contribution in [0.15, 0.2) is 60.8 Å². The van der Waals surface area contributed by atoms with E-state index in [0.29, 0.717) is 5.56 Å². The number of hydrogen-bond acceptors (Lipinski definition) is 4. The Morgan fingerprint density at radius 1 is 1.21 bits per heavy atom. The summed E-state index contributed by atoms with van der Waals surface area (Å²) in [7, 11) is 1.41. The number of hydrogen-bond donors (Lipinski definition) is 1. The highest BCUT2D eigenvalue weighted by atomic mass is 32.2. The maximum Gasteiger partial charge on any atom is 0.337 e. The van der Waals surface area contributed by atoms with Crippen molar-refractivity contribution in [3.63, 3.8) is 0 Å². The summed E-state index contributed by atoms with van der Waals surface area (Å²) in [6.07, 6.45) is 5.55. The minimum atomic E-state index is -0.302. The summed E-state index contributed by atoms with van der Waals surface area (Å²) in [5, 5.41) is 1.18. The van der Waals surface area contributed by atoms with E-state index in [4.69, 9.17) is 4.74 Å². The molecule has 1 aliphatic rings. The molecular weight excluding hydrogens is 380 g/mol. The number of aromatic amines is 1. The Morgan fingerprint density at radius 3 is 2.83 bits per heavy atom. The van der Waals surface area contributed by atoms with Gasteiger partial charge in [-0.3, -0.25) is 4.90 Å². The summed E-state index contributed by atoms with van der Waals surface area (Å²) < 4.78 is 4.80. The normalized spacial score (nSPS) is 14.7. The smallest absolute Gasteiger partial charge is 0.337 e. The van der Waals surface area contributed by atoms with Crippen molar-refractivity contribution < 1.29 is 9.53 Å². The largest absolute Gasteiger partial charge is 0.465 e. The van der Waals surface area contributed by atoms with Gasteiger partial charge in [0, 0.05) is 48.2 Å². The number of thioether (sulfide) groups is 1. The molecule has 150 valence electrons. The molecule has 0 aliphatic carbocycles. The van der Waals surface area contributed by atoms with E-state index in [1.165, 1.54) is 29.2 Å². The average molecular weight is 407 g/mol. The molecule has 0 atom stereocenters. The number of benzene rings is 2. The molecule has 0 amide bonds. The van der Waals surface area contributed by atoms with Crippen LogP contribution < -0.4 is 0 Å². The Hall–Kier alpha value is -2.50. The van der Waals surface area contributed by atoms with E-state index in [1.807, 2.05) is 30.0 Å². The fourth-order valence-corrected chi connectivity index (χ4v) is 4.75. The molecule has 1 aliphatic heterocycles. The van der Waals surface area contributed by atoms with Crippen LogP contribution in [0, 0.1) is 0 Å². The third-order valence-electron chi connectivity index (χ3n) is 5.44. The summed E-state index contributed by atoms with van der Waals surface area (Å²) in [5.41, 5.74) is 5.68. The van der Waals surface area contributed by atoms with Gasteiger partial charge in [0.15, 0.2) is 0 Å². The highest BCUT2D eigenvalue weighted by Crippen LogP contribution is 2.25. The van der Waals surface area contributed by atoms with Gasteiger partial charge in [-0.25, -0.2) is 4.79 Å². The Morgan fingerprint density at radius 2 is 2.07 bits per heavy atom. The molecular formula is C24H26N2O2S. The SMILES string of the molecule is COC(=O)c1ccc2c(CSCCN3CC=C(c4ccccc4)CC3)c[nH]c2c1. The number of aromatic nitrogens is 1. The molecule has 4 nitrogen and oxygen atoms in total. The quantitative estimate of drug-likeness (QED) is 0.444. The number of fused-ring (bicyclic) bond motifs is 1. The molecule has 0 unspecified atom stereocenters. The summed E-state index contributed by atoms with van der Waals surface area (Å²) in [4.78, 5) is 17.5. The van der Waals surface area contributed by atoms with Gasteiger partial charge in [0.1, 0.15) is 0 Å². The lowest BCUT2D eigenvalue weighted by atomic mass is 10.00. The van der Waals surface area contributed by atoms with Crippen molar-refractivity contribution in [1.29, 1.82) is 0 Å². The predicted octanol–water partition coefficient (Wildman–Crippen LogP) is 4.98. The van der Waals surface area contributed by atoms with Crippen molar-refractivity contribution in [2.75, 3.05) is 32.5 Å². The minimum absolute atomic E-state index is 0.302. The number of methoxy groups -OCH3 is 1. The molecule has 0 radical (unpaired) electrons. The van der Waals surface area contributed by atoms with E-state index in [-0.39, 0.29) is 5.97 Å². The molecule has 1 aromatic heterocycles. The first-order valence-corrected chi connectivity index (χ1v) is 11.1. The Balaban J connectivity index is 1.26. The van der Waals surface area contributed by atoms with Crippen molar-refractivity contribution in [1.82, 2.24) is 9.88 Å². The predicted molar refractivity (Wildman–Crippen MR) is 121 cm³/mol. The summed E-state index contributed by atoms with van der Waals surface area (Å²) in [5.74, 6) is 1.78. The van der Waals surface area contributed by atoms with E-state index in [2.05, 4.69) is 52.5 Å². The molecule has 1 N–H and O–H groups in total. The Kier molecular flexibility index (Phi) is 6.37. The van der Waals surface area contributed by atoms with Crippen LogP contribution in [-0.2, 0) is 10.5 Å². The van der Waals surface area contributed by atoms with Crippen LogP contribution in [0.5, 0.6) is 0 Å². The number of nitrogens with zero attached hydrogens (tertiary/aromatic N) is 1. The van der Waals surface area contributed by atoms with E-state index < -0.39 is 0 Å². The number of H-pyrrole nitrogens is 1. The summed E-state index contributed by atoms with van der Waals surface area (Å²) in [6, 6.07) is 16.4. The van der Waals surface area contributed by atoms with E-state index >= 15 is 0 Å². The third-order valence-corrected chi connectivity index (χ3v) is 6.42. The molecule has 4 rings (SSSR count). The van der Waals surface area contributed by atoms with Crippen LogP contribution in [0.1, 0.15) is 27.9 Å². The first-order valence-electron chi connectivity index (χ1n) is 9.97. The van der Waals surface area contributed by atoms with Gasteiger partial charge in [-0.05, 0) is 35.3 Å². The zero-order chi connectivity index (χ0) is 20.1.